The van der Waals surface area contributed by atoms with Gasteiger partial charge in [0.15, 0.2) is 0 Å². The average molecular weight is 476 g/mol. The van der Waals surface area contributed by atoms with Gasteiger partial charge in [-0.15, -0.1) is 0 Å². The zero-order valence-corrected chi connectivity index (χ0v) is 20.5. The molecule has 1 aromatic carbocycles. The van der Waals surface area contributed by atoms with Gasteiger partial charge in [-0.05, 0) is 68.8 Å². The number of fused-ring (bicyclic) bond motifs is 1. The van der Waals surface area contributed by atoms with Gasteiger partial charge in [-0.1, -0.05) is 62.1 Å². The van der Waals surface area contributed by atoms with E-state index in [-0.39, 0.29) is 18.0 Å². The van der Waals surface area contributed by atoms with Crippen LogP contribution in [0.3, 0.4) is 0 Å². The molecule has 0 radical (unpaired) electrons. The molecule has 1 saturated heterocycles. The smallest absolute Gasteiger partial charge is 0.316 e. The van der Waals surface area contributed by atoms with Crippen molar-refractivity contribution in [1.29, 1.82) is 0 Å². The van der Waals surface area contributed by atoms with Crippen molar-refractivity contribution in [2.75, 3.05) is 25.0 Å². The minimum Gasteiger partial charge on any atom is -0.461 e. The van der Waals surface area contributed by atoms with Crippen molar-refractivity contribution in [3.63, 3.8) is 0 Å². The standard InChI is InChI=1S/C29H37N3O3/c33-27(31-26-12-6-9-17-30-26)21-32-18-13-22-20-25(24(22)14-19-32)35-28(34)29(15-7-1-2-8-16-29)23-10-4-3-5-11-23/h3-6,9-12,17,22,24-25H,1-2,7-8,13-16,18-21H2,(H,30,31,33)/t22?,24?,25-/m0/s1. The molecule has 2 unspecified atom stereocenters. The molecular weight excluding hydrogens is 438 g/mol. The lowest BCUT2D eigenvalue weighted by Gasteiger charge is -2.45. The van der Waals surface area contributed by atoms with Gasteiger partial charge in [0, 0.05) is 12.1 Å². The van der Waals surface area contributed by atoms with Crippen molar-refractivity contribution < 1.29 is 14.3 Å². The Bertz CT molecular complexity index is 989. The van der Waals surface area contributed by atoms with Gasteiger partial charge < -0.3 is 10.1 Å². The molecule has 3 aliphatic rings. The van der Waals surface area contributed by atoms with Gasteiger partial charge in [-0.3, -0.25) is 14.5 Å². The van der Waals surface area contributed by atoms with Crippen molar-refractivity contribution in [3.05, 3.63) is 60.3 Å². The number of hydrogen-bond acceptors (Lipinski definition) is 5. The summed E-state index contributed by atoms with van der Waals surface area (Å²) in [6.07, 6.45) is 11.0. The normalized spacial score (nSPS) is 26.3. The van der Waals surface area contributed by atoms with E-state index in [1.54, 1.807) is 12.3 Å². The summed E-state index contributed by atoms with van der Waals surface area (Å²) in [6.45, 7) is 2.14. The molecule has 6 nitrogen and oxygen atoms in total. The summed E-state index contributed by atoms with van der Waals surface area (Å²) < 4.78 is 6.31. The number of amides is 1. The third-order valence-electron chi connectivity index (χ3n) is 8.45. The Morgan fingerprint density at radius 1 is 0.971 bits per heavy atom. The lowest BCUT2D eigenvalue weighted by molar-refractivity contribution is -0.171. The first kappa shape index (κ1) is 24.0. The lowest BCUT2D eigenvalue weighted by Crippen LogP contribution is -2.48. The lowest BCUT2D eigenvalue weighted by atomic mass is 9.68. The van der Waals surface area contributed by atoms with Crippen molar-refractivity contribution >= 4 is 17.7 Å². The monoisotopic (exact) mass is 475 g/mol. The fourth-order valence-corrected chi connectivity index (χ4v) is 6.37. The summed E-state index contributed by atoms with van der Waals surface area (Å²) in [5, 5.41) is 2.88. The van der Waals surface area contributed by atoms with Crippen LogP contribution in [0.25, 0.3) is 0 Å². The average Bonchev–Trinajstić information content (AvgIpc) is 3.21. The highest BCUT2D eigenvalue weighted by Gasteiger charge is 2.48. The number of pyridine rings is 1. The van der Waals surface area contributed by atoms with E-state index in [1.165, 1.54) is 12.8 Å². The first-order valence-electron chi connectivity index (χ1n) is 13.3. The number of anilines is 1. The molecule has 0 bridgehead atoms. The molecule has 186 valence electrons. The van der Waals surface area contributed by atoms with Crippen LogP contribution in [-0.2, 0) is 19.7 Å². The predicted molar refractivity (Wildman–Crippen MR) is 136 cm³/mol. The van der Waals surface area contributed by atoms with Crippen LogP contribution in [0.1, 0.15) is 63.4 Å². The van der Waals surface area contributed by atoms with Crippen molar-refractivity contribution in [2.24, 2.45) is 11.8 Å². The van der Waals surface area contributed by atoms with Gasteiger partial charge >= 0.3 is 5.97 Å². The summed E-state index contributed by atoms with van der Waals surface area (Å²) in [4.78, 5) is 32.6. The second kappa shape index (κ2) is 10.9. The van der Waals surface area contributed by atoms with Crippen molar-refractivity contribution in [2.45, 2.75) is 69.3 Å². The van der Waals surface area contributed by atoms with Crippen molar-refractivity contribution in [1.82, 2.24) is 9.88 Å². The first-order chi connectivity index (χ1) is 17.1. The predicted octanol–water partition coefficient (Wildman–Crippen LogP) is 4.96. The number of esters is 1. The molecule has 3 fully saturated rings. The summed E-state index contributed by atoms with van der Waals surface area (Å²) in [6, 6.07) is 15.8. The second-order valence-corrected chi connectivity index (χ2v) is 10.6. The van der Waals surface area contributed by atoms with Crippen LogP contribution in [0.5, 0.6) is 0 Å². The van der Waals surface area contributed by atoms with E-state index in [0.717, 1.165) is 63.6 Å². The molecule has 5 rings (SSSR count). The Hall–Kier alpha value is -2.73. The molecule has 2 aromatic rings. The molecule has 1 aliphatic heterocycles. The Morgan fingerprint density at radius 2 is 1.71 bits per heavy atom. The molecule has 3 atom stereocenters. The Balaban J connectivity index is 1.18. The van der Waals surface area contributed by atoms with Gasteiger partial charge in [0.05, 0.1) is 12.0 Å². The maximum absolute atomic E-state index is 13.7. The largest absolute Gasteiger partial charge is 0.461 e. The van der Waals surface area contributed by atoms with Gasteiger partial charge in [-0.2, -0.15) is 0 Å². The number of carbonyl (C=O) groups is 2. The van der Waals surface area contributed by atoms with Crippen LogP contribution < -0.4 is 5.32 Å². The summed E-state index contributed by atoms with van der Waals surface area (Å²) >= 11 is 0. The van der Waals surface area contributed by atoms with Crippen LogP contribution in [0.2, 0.25) is 0 Å². The van der Waals surface area contributed by atoms with Gasteiger partial charge in [-0.25, -0.2) is 4.98 Å². The number of ether oxygens (including phenoxy) is 1. The van der Waals surface area contributed by atoms with E-state index >= 15 is 0 Å². The van der Waals surface area contributed by atoms with Crippen LogP contribution in [-0.4, -0.2) is 47.5 Å². The SMILES string of the molecule is O=C(CN1CCC2C[C@H](OC(=O)C3(c4ccccc4)CCCCCC3)C2CC1)Nc1ccccn1. The van der Waals surface area contributed by atoms with Crippen LogP contribution in [0.15, 0.2) is 54.7 Å². The molecule has 1 aromatic heterocycles. The third kappa shape index (κ3) is 5.43. The number of aromatic nitrogens is 1. The molecule has 1 N–H and O–H groups in total. The summed E-state index contributed by atoms with van der Waals surface area (Å²) in [7, 11) is 0. The van der Waals surface area contributed by atoms with Crippen LogP contribution >= 0.6 is 0 Å². The quantitative estimate of drug-likeness (QED) is 0.473. The number of hydrogen-bond donors (Lipinski definition) is 1. The highest BCUT2D eigenvalue weighted by molar-refractivity contribution is 5.91. The molecule has 35 heavy (non-hydrogen) atoms. The molecule has 1 amide bonds. The molecule has 0 spiro atoms. The number of benzene rings is 1. The molecule has 6 heteroatoms. The van der Waals surface area contributed by atoms with Gasteiger partial charge in [0.1, 0.15) is 11.9 Å². The number of rotatable bonds is 6. The van der Waals surface area contributed by atoms with Crippen LogP contribution in [0.4, 0.5) is 5.82 Å². The van der Waals surface area contributed by atoms with E-state index < -0.39 is 5.41 Å². The van der Waals surface area contributed by atoms with E-state index in [1.807, 2.05) is 30.3 Å². The second-order valence-electron chi connectivity index (χ2n) is 10.6. The molecule has 2 aliphatic carbocycles. The van der Waals surface area contributed by atoms with Crippen LogP contribution in [0, 0.1) is 11.8 Å². The molecule has 2 saturated carbocycles. The third-order valence-corrected chi connectivity index (χ3v) is 8.45. The minimum atomic E-state index is -0.497. The summed E-state index contributed by atoms with van der Waals surface area (Å²) in [5.41, 5.74) is 0.622. The maximum atomic E-state index is 13.7. The summed E-state index contributed by atoms with van der Waals surface area (Å²) in [5.74, 6) is 1.54. The zero-order valence-electron chi connectivity index (χ0n) is 20.5. The Morgan fingerprint density at radius 3 is 2.46 bits per heavy atom. The van der Waals surface area contributed by atoms with Crippen molar-refractivity contribution in [3.8, 4) is 0 Å². The fraction of sp³-hybridized carbons (Fsp3) is 0.552. The van der Waals surface area contributed by atoms with Gasteiger partial charge in [0.25, 0.3) is 0 Å². The highest BCUT2D eigenvalue weighted by Crippen LogP contribution is 2.46. The first-order valence-corrected chi connectivity index (χ1v) is 13.3. The maximum Gasteiger partial charge on any atom is 0.316 e. The Kier molecular flexibility index (Phi) is 7.47. The van der Waals surface area contributed by atoms with Gasteiger partial charge in [0.2, 0.25) is 5.91 Å². The number of nitrogens with zero attached hydrogens (tertiary/aromatic N) is 2. The Labute approximate surface area is 208 Å². The zero-order chi connectivity index (χ0) is 24.1. The van der Waals surface area contributed by atoms with E-state index in [2.05, 4.69) is 27.3 Å². The minimum absolute atomic E-state index is 0.00936. The highest BCUT2D eigenvalue weighted by atomic mass is 16.5. The number of carbonyl (C=O) groups excluding carboxylic acids is 2. The fourth-order valence-electron chi connectivity index (χ4n) is 6.37. The molecular formula is C29H37N3O3. The van der Waals surface area contributed by atoms with E-state index in [4.69, 9.17) is 4.74 Å². The van der Waals surface area contributed by atoms with E-state index in [0.29, 0.717) is 24.2 Å². The number of likely N-dealkylation sites (tertiary alicyclic amines) is 1. The molecule has 2 heterocycles. The topological polar surface area (TPSA) is 71.5 Å². The number of nitrogens with one attached hydrogen (secondary N) is 1. The van der Waals surface area contributed by atoms with E-state index in [9.17, 15) is 9.59 Å².